The van der Waals surface area contributed by atoms with E-state index in [0.717, 1.165) is 49.2 Å². The molecule has 1 unspecified atom stereocenters. The molecule has 112 valence electrons. The molecule has 2 aliphatic heterocycles. The third-order valence-electron chi connectivity index (χ3n) is 3.98. The zero-order valence-corrected chi connectivity index (χ0v) is 13.3. The highest BCUT2D eigenvalue weighted by Gasteiger charge is 2.28. The van der Waals surface area contributed by atoms with E-state index in [4.69, 9.17) is 0 Å². The molecule has 1 amide bonds. The second-order valence-corrected chi connectivity index (χ2v) is 6.45. The van der Waals surface area contributed by atoms with E-state index in [1.165, 1.54) is 17.8 Å². The Labute approximate surface area is 129 Å². The van der Waals surface area contributed by atoms with E-state index in [1.807, 2.05) is 11.8 Å². The number of hydrogen-bond acceptors (Lipinski definition) is 5. The summed E-state index contributed by atoms with van der Waals surface area (Å²) >= 11 is 1.49. The second-order valence-electron chi connectivity index (χ2n) is 5.22. The second kappa shape index (κ2) is 6.85. The molecule has 0 aromatic carbocycles. The standard InChI is InChI=1S/C13H20N4OS.ClH/c1-10-15-9-12(19-10)13(18)17-6-4-16(5-7-17)11-2-3-14-8-11;/h9,11,14H,2-8H2,1H3;1H. The van der Waals surface area contributed by atoms with E-state index < -0.39 is 0 Å². The van der Waals surface area contributed by atoms with Crippen LogP contribution in [0.4, 0.5) is 0 Å². The molecule has 1 aromatic rings. The van der Waals surface area contributed by atoms with Crippen LogP contribution in [0, 0.1) is 6.92 Å². The first-order chi connectivity index (χ1) is 9.24. The van der Waals surface area contributed by atoms with Crippen LogP contribution in [-0.4, -0.2) is 66.0 Å². The molecule has 0 saturated carbocycles. The first-order valence-corrected chi connectivity index (χ1v) is 7.72. The van der Waals surface area contributed by atoms with Gasteiger partial charge in [0.1, 0.15) is 4.88 Å². The minimum absolute atomic E-state index is 0. The van der Waals surface area contributed by atoms with Crippen molar-refractivity contribution in [1.82, 2.24) is 20.1 Å². The summed E-state index contributed by atoms with van der Waals surface area (Å²) in [7, 11) is 0. The van der Waals surface area contributed by atoms with Crippen molar-refractivity contribution in [2.45, 2.75) is 19.4 Å². The summed E-state index contributed by atoms with van der Waals surface area (Å²) in [5, 5.41) is 4.36. The molecule has 0 bridgehead atoms. The monoisotopic (exact) mass is 316 g/mol. The first kappa shape index (κ1) is 15.7. The summed E-state index contributed by atoms with van der Waals surface area (Å²) < 4.78 is 0. The Morgan fingerprint density at radius 1 is 1.40 bits per heavy atom. The molecule has 3 heterocycles. The molecule has 1 atom stereocenters. The Hall–Kier alpha value is -0.690. The number of nitrogens with one attached hydrogen (secondary N) is 1. The third-order valence-corrected chi connectivity index (χ3v) is 4.88. The van der Waals surface area contributed by atoms with Crippen molar-refractivity contribution in [3.8, 4) is 0 Å². The lowest BCUT2D eigenvalue weighted by molar-refractivity contribution is 0.0588. The number of carbonyl (C=O) groups is 1. The first-order valence-electron chi connectivity index (χ1n) is 6.90. The molecular weight excluding hydrogens is 296 g/mol. The summed E-state index contributed by atoms with van der Waals surface area (Å²) in [6.07, 6.45) is 2.94. The maximum absolute atomic E-state index is 12.3. The van der Waals surface area contributed by atoms with Gasteiger partial charge in [-0.25, -0.2) is 4.98 Å². The molecule has 5 nitrogen and oxygen atoms in total. The lowest BCUT2D eigenvalue weighted by atomic mass is 10.2. The fraction of sp³-hybridized carbons (Fsp3) is 0.692. The highest BCUT2D eigenvalue weighted by molar-refractivity contribution is 7.13. The van der Waals surface area contributed by atoms with Gasteiger partial charge in [0.05, 0.1) is 11.2 Å². The highest BCUT2D eigenvalue weighted by atomic mass is 35.5. The molecule has 2 fully saturated rings. The van der Waals surface area contributed by atoms with Gasteiger partial charge in [-0.3, -0.25) is 9.69 Å². The number of halogens is 1. The molecule has 0 spiro atoms. The van der Waals surface area contributed by atoms with Gasteiger partial charge >= 0.3 is 0 Å². The number of amides is 1. The van der Waals surface area contributed by atoms with Crippen molar-refractivity contribution in [3.05, 3.63) is 16.1 Å². The maximum atomic E-state index is 12.3. The van der Waals surface area contributed by atoms with Crippen LogP contribution in [0.1, 0.15) is 21.1 Å². The van der Waals surface area contributed by atoms with Gasteiger partial charge in [-0.1, -0.05) is 0 Å². The van der Waals surface area contributed by atoms with Gasteiger partial charge in [0.2, 0.25) is 0 Å². The summed E-state index contributed by atoms with van der Waals surface area (Å²) in [4.78, 5) is 21.7. The maximum Gasteiger partial charge on any atom is 0.265 e. The number of piperazine rings is 1. The number of aromatic nitrogens is 1. The predicted octanol–water partition coefficient (Wildman–Crippen LogP) is 0.993. The molecule has 3 rings (SSSR count). The average Bonchev–Trinajstić information content (AvgIpc) is 3.09. The quantitative estimate of drug-likeness (QED) is 0.884. The van der Waals surface area contributed by atoms with Crippen LogP contribution in [0.25, 0.3) is 0 Å². The van der Waals surface area contributed by atoms with Crippen LogP contribution in [0.3, 0.4) is 0 Å². The normalized spacial score (nSPS) is 23.6. The number of nitrogens with zero attached hydrogens (tertiary/aromatic N) is 3. The summed E-state index contributed by atoms with van der Waals surface area (Å²) in [5.41, 5.74) is 0. The molecule has 1 N–H and O–H groups in total. The van der Waals surface area contributed by atoms with Crippen LogP contribution in [0.15, 0.2) is 6.20 Å². The van der Waals surface area contributed by atoms with E-state index in [9.17, 15) is 4.79 Å². The van der Waals surface area contributed by atoms with Gasteiger partial charge in [-0.2, -0.15) is 0 Å². The van der Waals surface area contributed by atoms with Gasteiger partial charge < -0.3 is 10.2 Å². The van der Waals surface area contributed by atoms with Crippen LogP contribution >= 0.6 is 23.7 Å². The molecule has 2 saturated heterocycles. The average molecular weight is 317 g/mol. The van der Waals surface area contributed by atoms with Crippen LogP contribution < -0.4 is 5.32 Å². The SMILES string of the molecule is Cc1ncc(C(=O)N2CCN(C3CCNC3)CC2)s1.Cl. The van der Waals surface area contributed by atoms with E-state index >= 15 is 0 Å². The zero-order chi connectivity index (χ0) is 13.2. The predicted molar refractivity (Wildman–Crippen MR) is 82.9 cm³/mol. The van der Waals surface area contributed by atoms with Gasteiger partial charge in [-0.15, -0.1) is 23.7 Å². The summed E-state index contributed by atoms with van der Waals surface area (Å²) in [5.74, 6) is 0.148. The van der Waals surface area contributed by atoms with E-state index in [0.29, 0.717) is 6.04 Å². The lowest BCUT2D eigenvalue weighted by Crippen LogP contribution is -2.52. The van der Waals surface area contributed by atoms with Crippen molar-refractivity contribution < 1.29 is 4.79 Å². The smallest absolute Gasteiger partial charge is 0.265 e. The summed E-state index contributed by atoms with van der Waals surface area (Å²) in [6, 6.07) is 0.669. The van der Waals surface area contributed by atoms with Gasteiger partial charge in [0.15, 0.2) is 0 Å². The molecule has 7 heteroatoms. The van der Waals surface area contributed by atoms with Crippen LogP contribution in [0.2, 0.25) is 0 Å². The van der Waals surface area contributed by atoms with E-state index in [1.54, 1.807) is 6.20 Å². The number of rotatable bonds is 2. The molecule has 0 radical (unpaired) electrons. The highest BCUT2D eigenvalue weighted by Crippen LogP contribution is 2.17. The molecule has 1 aromatic heterocycles. The Bertz CT molecular complexity index is 453. The number of aryl methyl sites for hydroxylation is 1. The van der Waals surface area contributed by atoms with Crippen molar-refractivity contribution in [2.24, 2.45) is 0 Å². The number of thiazole rings is 1. The van der Waals surface area contributed by atoms with E-state index in [2.05, 4.69) is 15.2 Å². The van der Waals surface area contributed by atoms with Crippen molar-refractivity contribution in [1.29, 1.82) is 0 Å². The zero-order valence-electron chi connectivity index (χ0n) is 11.7. The fourth-order valence-corrected chi connectivity index (χ4v) is 3.60. The number of carbonyl (C=O) groups excluding carboxylic acids is 1. The van der Waals surface area contributed by atoms with Crippen LogP contribution in [-0.2, 0) is 0 Å². The third kappa shape index (κ3) is 3.31. The van der Waals surface area contributed by atoms with Gasteiger partial charge in [0.25, 0.3) is 5.91 Å². The van der Waals surface area contributed by atoms with Crippen molar-refractivity contribution in [3.63, 3.8) is 0 Å². The Kier molecular flexibility index (Phi) is 5.37. The molecular formula is C13H21ClN4OS. The Morgan fingerprint density at radius 2 is 2.15 bits per heavy atom. The molecule has 20 heavy (non-hydrogen) atoms. The minimum Gasteiger partial charge on any atom is -0.335 e. The van der Waals surface area contributed by atoms with Gasteiger partial charge in [0, 0.05) is 38.8 Å². The van der Waals surface area contributed by atoms with Crippen molar-refractivity contribution in [2.75, 3.05) is 39.3 Å². The minimum atomic E-state index is 0. The summed E-state index contributed by atoms with van der Waals surface area (Å²) in [6.45, 7) is 7.84. The van der Waals surface area contributed by atoms with Gasteiger partial charge in [-0.05, 0) is 19.9 Å². The van der Waals surface area contributed by atoms with Crippen LogP contribution in [0.5, 0.6) is 0 Å². The molecule has 0 aliphatic carbocycles. The topological polar surface area (TPSA) is 48.5 Å². The Morgan fingerprint density at radius 3 is 2.70 bits per heavy atom. The largest absolute Gasteiger partial charge is 0.335 e. The molecule has 2 aliphatic rings. The van der Waals surface area contributed by atoms with E-state index in [-0.39, 0.29) is 18.3 Å². The van der Waals surface area contributed by atoms with Crippen molar-refractivity contribution >= 4 is 29.7 Å². The fourth-order valence-electron chi connectivity index (χ4n) is 2.86. The lowest BCUT2D eigenvalue weighted by Gasteiger charge is -2.37. The Balaban J connectivity index is 0.00000147. The number of hydrogen-bond donors (Lipinski definition) is 1.